The van der Waals surface area contributed by atoms with E-state index in [2.05, 4.69) is 11.9 Å². The fourth-order valence-corrected chi connectivity index (χ4v) is 4.77. The Morgan fingerprint density at radius 1 is 0.972 bits per heavy atom. The van der Waals surface area contributed by atoms with Crippen LogP contribution in [-0.2, 0) is 0 Å². The van der Waals surface area contributed by atoms with Crippen LogP contribution in [0.3, 0.4) is 0 Å². The lowest BCUT2D eigenvalue weighted by Crippen LogP contribution is -2.30. The second-order valence-corrected chi connectivity index (χ2v) is 9.37. The largest absolute Gasteiger partial charge is 0.494 e. The maximum atomic E-state index is 13.8. The number of aromatic nitrogens is 1. The van der Waals surface area contributed by atoms with Crippen LogP contribution in [0.2, 0.25) is 0 Å². The molecule has 6 nitrogen and oxygen atoms in total. The van der Waals surface area contributed by atoms with Crippen LogP contribution in [0.4, 0.5) is 5.82 Å². The summed E-state index contributed by atoms with van der Waals surface area (Å²) in [5, 5.41) is 0.470. The van der Waals surface area contributed by atoms with Crippen molar-refractivity contribution in [1.82, 2.24) is 4.98 Å². The van der Waals surface area contributed by atoms with Gasteiger partial charge in [0.2, 0.25) is 5.76 Å². The molecule has 3 heterocycles. The first-order chi connectivity index (χ1) is 17.5. The summed E-state index contributed by atoms with van der Waals surface area (Å²) in [6.07, 6.45) is 4.56. The molecule has 1 atom stereocenters. The molecule has 1 aliphatic heterocycles. The zero-order chi connectivity index (χ0) is 25.2. The highest BCUT2D eigenvalue weighted by atomic mass is 16.5. The molecule has 0 fully saturated rings. The summed E-state index contributed by atoms with van der Waals surface area (Å²) in [7, 11) is 0. The molecule has 0 bridgehead atoms. The molecule has 6 heteroatoms. The normalized spacial score (nSPS) is 14.9. The molecule has 2 aromatic carbocycles. The van der Waals surface area contributed by atoms with Gasteiger partial charge in [0.15, 0.2) is 5.43 Å². The number of fused-ring (bicyclic) bond motifs is 2. The van der Waals surface area contributed by atoms with Crippen molar-refractivity contribution in [1.29, 1.82) is 0 Å². The fraction of sp³-hybridized carbons (Fsp3) is 0.300. The van der Waals surface area contributed by atoms with Crippen molar-refractivity contribution >= 4 is 22.7 Å². The van der Waals surface area contributed by atoms with Gasteiger partial charge in [-0.3, -0.25) is 14.5 Å². The Labute approximate surface area is 210 Å². The van der Waals surface area contributed by atoms with Gasteiger partial charge in [0.25, 0.3) is 5.91 Å². The van der Waals surface area contributed by atoms with Crippen molar-refractivity contribution in [2.24, 2.45) is 0 Å². The summed E-state index contributed by atoms with van der Waals surface area (Å²) in [5.74, 6) is 0.943. The molecule has 5 rings (SSSR count). The van der Waals surface area contributed by atoms with E-state index in [4.69, 9.17) is 9.15 Å². The number of anilines is 1. The lowest BCUT2D eigenvalue weighted by molar-refractivity contribution is 0.0970. The van der Waals surface area contributed by atoms with Crippen LogP contribution in [-0.4, -0.2) is 17.5 Å². The SMILES string of the molecule is CCCCCCOc1ccc([C@@H]2c3c(oc4ccc(C)cc4c3=O)C(=O)N2c2cccc(C)n2)cc1. The second kappa shape index (κ2) is 9.97. The number of unbranched alkanes of at least 4 members (excludes halogenated alkanes) is 3. The van der Waals surface area contributed by atoms with Gasteiger partial charge in [-0.1, -0.05) is 56.0 Å². The lowest BCUT2D eigenvalue weighted by Gasteiger charge is -2.24. The minimum atomic E-state index is -0.651. The average Bonchev–Trinajstić information content (AvgIpc) is 3.17. The molecule has 0 aliphatic carbocycles. The van der Waals surface area contributed by atoms with E-state index >= 15 is 0 Å². The number of pyridine rings is 1. The van der Waals surface area contributed by atoms with Gasteiger partial charge in [-0.2, -0.15) is 0 Å². The van der Waals surface area contributed by atoms with Gasteiger partial charge < -0.3 is 9.15 Å². The standard InChI is InChI=1S/C30H30N2O4/c1-4-5-6-7-17-35-22-14-12-21(13-15-22)27-26-28(33)23-18-19(2)11-16-24(23)36-29(26)30(34)32(27)25-10-8-9-20(3)31-25/h8-16,18,27H,4-7,17H2,1-3H3/t27-/m1/s1. The third-order valence-corrected chi connectivity index (χ3v) is 6.61. The predicted octanol–water partition coefficient (Wildman–Crippen LogP) is 6.51. The molecule has 184 valence electrons. The number of carbonyl (C=O) groups is 1. The maximum absolute atomic E-state index is 13.8. The zero-order valence-electron chi connectivity index (χ0n) is 20.9. The molecule has 4 aromatic rings. The number of aryl methyl sites for hydroxylation is 2. The van der Waals surface area contributed by atoms with E-state index in [1.54, 1.807) is 17.0 Å². The van der Waals surface area contributed by atoms with Crippen LogP contribution in [0.15, 0.2) is 69.9 Å². The molecule has 1 amide bonds. The Balaban J connectivity index is 1.58. The van der Waals surface area contributed by atoms with Crippen molar-refractivity contribution in [2.75, 3.05) is 11.5 Å². The molecule has 1 aliphatic rings. The average molecular weight is 483 g/mol. The number of ether oxygens (including phenoxy) is 1. The molecular formula is C30H30N2O4. The van der Waals surface area contributed by atoms with E-state index in [1.165, 1.54) is 12.8 Å². The van der Waals surface area contributed by atoms with Crippen molar-refractivity contribution < 1.29 is 13.9 Å². The van der Waals surface area contributed by atoms with Crippen molar-refractivity contribution in [3.8, 4) is 5.75 Å². The summed E-state index contributed by atoms with van der Waals surface area (Å²) in [6.45, 7) is 6.65. The van der Waals surface area contributed by atoms with Gasteiger partial charge >= 0.3 is 0 Å². The lowest BCUT2D eigenvalue weighted by atomic mass is 9.98. The highest BCUT2D eigenvalue weighted by Gasteiger charge is 2.44. The highest BCUT2D eigenvalue weighted by molar-refractivity contribution is 6.10. The van der Waals surface area contributed by atoms with Crippen LogP contribution in [0, 0.1) is 13.8 Å². The Morgan fingerprint density at radius 2 is 1.78 bits per heavy atom. The molecule has 0 N–H and O–H groups in total. The van der Waals surface area contributed by atoms with Crippen LogP contribution in [0.25, 0.3) is 11.0 Å². The molecule has 0 radical (unpaired) electrons. The molecule has 36 heavy (non-hydrogen) atoms. The second-order valence-electron chi connectivity index (χ2n) is 9.37. The maximum Gasteiger partial charge on any atom is 0.296 e. The van der Waals surface area contributed by atoms with Crippen LogP contribution in [0.1, 0.15) is 71.6 Å². The third-order valence-electron chi connectivity index (χ3n) is 6.61. The number of carbonyl (C=O) groups excluding carboxylic acids is 1. The smallest absolute Gasteiger partial charge is 0.296 e. The fourth-order valence-electron chi connectivity index (χ4n) is 4.77. The van der Waals surface area contributed by atoms with Gasteiger partial charge in [0.1, 0.15) is 17.2 Å². The number of hydrogen-bond donors (Lipinski definition) is 0. The summed E-state index contributed by atoms with van der Waals surface area (Å²) in [5.41, 5.74) is 3.08. The Hall–Kier alpha value is -3.93. The van der Waals surface area contributed by atoms with E-state index in [9.17, 15) is 9.59 Å². The van der Waals surface area contributed by atoms with E-state index in [0.717, 1.165) is 35.4 Å². The van der Waals surface area contributed by atoms with Crippen molar-refractivity contribution in [3.63, 3.8) is 0 Å². The van der Waals surface area contributed by atoms with Gasteiger partial charge in [-0.15, -0.1) is 0 Å². The Kier molecular flexibility index (Phi) is 6.59. The minimum Gasteiger partial charge on any atom is -0.494 e. The number of nitrogens with zero attached hydrogens (tertiary/aromatic N) is 2. The van der Waals surface area contributed by atoms with E-state index < -0.39 is 6.04 Å². The van der Waals surface area contributed by atoms with Gasteiger partial charge in [-0.05, 0) is 62.2 Å². The minimum absolute atomic E-state index is 0.0703. The summed E-state index contributed by atoms with van der Waals surface area (Å²) in [6, 6.07) is 17.9. The monoisotopic (exact) mass is 482 g/mol. The molecule has 0 saturated carbocycles. The topological polar surface area (TPSA) is 72.6 Å². The molecule has 2 aromatic heterocycles. The van der Waals surface area contributed by atoms with Crippen molar-refractivity contribution in [2.45, 2.75) is 52.5 Å². The van der Waals surface area contributed by atoms with E-state index in [0.29, 0.717) is 29.0 Å². The highest BCUT2D eigenvalue weighted by Crippen LogP contribution is 2.41. The Morgan fingerprint density at radius 3 is 2.53 bits per heavy atom. The first kappa shape index (κ1) is 23.8. The first-order valence-electron chi connectivity index (χ1n) is 12.5. The third kappa shape index (κ3) is 4.39. The van der Waals surface area contributed by atoms with Gasteiger partial charge in [-0.25, -0.2) is 4.98 Å². The zero-order valence-corrected chi connectivity index (χ0v) is 20.9. The first-order valence-corrected chi connectivity index (χ1v) is 12.5. The van der Waals surface area contributed by atoms with Crippen LogP contribution >= 0.6 is 0 Å². The summed E-state index contributed by atoms with van der Waals surface area (Å²) in [4.78, 5) is 33.6. The number of amides is 1. The van der Waals surface area contributed by atoms with E-state index in [-0.39, 0.29) is 17.1 Å². The van der Waals surface area contributed by atoms with Crippen LogP contribution < -0.4 is 15.1 Å². The summed E-state index contributed by atoms with van der Waals surface area (Å²) >= 11 is 0. The number of benzene rings is 2. The van der Waals surface area contributed by atoms with Gasteiger partial charge in [0, 0.05) is 5.69 Å². The number of rotatable bonds is 8. The van der Waals surface area contributed by atoms with Crippen LogP contribution in [0.5, 0.6) is 5.75 Å². The molecular weight excluding hydrogens is 452 g/mol. The van der Waals surface area contributed by atoms with E-state index in [1.807, 2.05) is 62.4 Å². The van der Waals surface area contributed by atoms with Crippen molar-refractivity contribution in [3.05, 3.63) is 99.0 Å². The quantitative estimate of drug-likeness (QED) is 0.268. The Bertz CT molecular complexity index is 1470. The molecule has 0 saturated heterocycles. The number of hydrogen-bond acceptors (Lipinski definition) is 5. The summed E-state index contributed by atoms with van der Waals surface area (Å²) < 4.78 is 12.0. The van der Waals surface area contributed by atoms with Gasteiger partial charge in [0.05, 0.1) is 23.6 Å². The molecule has 0 unspecified atom stereocenters. The molecule has 0 spiro atoms. The predicted molar refractivity (Wildman–Crippen MR) is 141 cm³/mol.